The number of nitrogens with one attached hydrogen (secondary N) is 1. The summed E-state index contributed by atoms with van der Waals surface area (Å²) < 4.78 is 12.8. The largest absolute Gasteiger partial charge is 0.323 e. The molecule has 0 saturated carbocycles. The van der Waals surface area contributed by atoms with Crippen LogP contribution in [-0.2, 0) is 0 Å². The van der Waals surface area contributed by atoms with Crippen molar-refractivity contribution < 1.29 is 4.39 Å². The van der Waals surface area contributed by atoms with Gasteiger partial charge in [-0.15, -0.1) is 0 Å². The van der Waals surface area contributed by atoms with Gasteiger partial charge in [-0.3, -0.25) is 10.8 Å². The molecule has 0 aliphatic rings. The molecule has 3 N–H and O–H groups in total. The number of pyridine rings is 1. The minimum absolute atomic E-state index is 0.366. The lowest BCUT2D eigenvalue weighted by Crippen LogP contribution is -2.07. The number of hydrazine groups is 1. The molecule has 0 radical (unpaired) electrons. The van der Waals surface area contributed by atoms with Gasteiger partial charge in [-0.2, -0.15) is 0 Å². The average molecular weight is 177 g/mol. The van der Waals surface area contributed by atoms with E-state index in [0.29, 0.717) is 11.1 Å². The number of anilines is 1. The number of halogens is 1. The van der Waals surface area contributed by atoms with Crippen LogP contribution >= 0.6 is 0 Å². The van der Waals surface area contributed by atoms with Gasteiger partial charge in [0, 0.05) is 5.39 Å². The van der Waals surface area contributed by atoms with Gasteiger partial charge >= 0.3 is 0 Å². The van der Waals surface area contributed by atoms with Gasteiger partial charge in [0.1, 0.15) is 5.82 Å². The molecule has 2 rings (SSSR count). The average Bonchev–Trinajstić information content (AvgIpc) is 2.17. The molecule has 13 heavy (non-hydrogen) atoms. The first-order valence-corrected chi connectivity index (χ1v) is 3.82. The fourth-order valence-corrected chi connectivity index (χ4v) is 1.25. The van der Waals surface area contributed by atoms with Gasteiger partial charge in [0.05, 0.1) is 17.4 Å². The number of hydrogen-bond acceptors (Lipinski definition) is 3. The molecule has 66 valence electrons. The number of aromatic nitrogens is 1. The summed E-state index contributed by atoms with van der Waals surface area (Å²) in [6, 6.07) is 6.78. The van der Waals surface area contributed by atoms with E-state index in [1.54, 1.807) is 12.1 Å². The molecule has 0 atom stereocenters. The van der Waals surface area contributed by atoms with Gasteiger partial charge < -0.3 is 5.43 Å². The van der Waals surface area contributed by atoms with Crippen LogP contribution in [0.2, 0.25) is 0 Å². The van der Waals surface area contributed by atoms with E-state index in [0.717, 1.165) is 5.52 Å². The molecule has 0 fully saturated rings. The van der Waals surface area contributed by atoms with E-state index in [9.17, 15) is 4.39 Å². The lowest BCUT2D eigenvalue weighted by molar-refractivity contribution is 0.624. The molecule has 0 saturated heterocycles. The zero-order chi connectivity index (χ0) is 9.26. The molecule has 4 heteroatoms. The van der Waals surface area contributed by atoms with Gasteiger partial charge in [0.2, 0.25) is 0 Å². The van der Waals surface area contributed by atoms with E-state index in [2.05, 4.69) is 10.4 Å². The van der Waals surface area contributed by atoms with Crippen molar-refractivity contribution in [2.45, 2.75) is 0 Å². The molecule has 0 bridgehead atoms. The van der Waals surface area contributed by atoms with Crippen molar-refractivity contribution >= 4 is 16.6 Å². The van der Waals surface area contributed by atoms with Crippen LogP contribution in [0.4, 0.5) is 10.1 Å². The van der Waals surface area contributed by atoms with E-state index >= 15 is 0 Å². The molecule has 0 spiro atoms. The molecule has 0 aliphatic heterocycles. The number of benzene rings is 1. The summed E-state index contributed by atoms with van der Waals surface area (Å²) in [5, 5.41) is 0.685. The summed E-state index contributed by atoms with van der Waals surface area (Å²) >= 11 is 0. The Morgan fingerprint density at radius 2 is 2.23 bits per heavy atom. The van der Waals surface area contributed by atoms with Crippen molar-refractivity contribution in [3.8, 4) is 0 Å². The molecule has 1 heterocycles. The topological polar surface area (TPSA) is 50.9 Å². The minimum Gasteiger partial charge on any atom is -0.323 e. The van der Waals surface area contributed by atoms with Crippen molar-refractivity contribution in [1.29, 1.82) is 0 Å². The van der Waals surface area contributed by atoms with Crippen molar-refractivity contribution in [3.05, 3.63) is 36.3 Å². The lowest BCUT2D eigenvalue weighted by atomic mass is 10.2. The molecule has 0 aliphatic carbocycles. The monoisotopic (exact) mass is 177 g/mol. The number of nitrogens with two attached hydrogens (primary N) is 1. The minimum atomic E-state index is -0.366. The molecular formula is C9H8FN3. The lowest BCUT2D eigenvalue weighted by Gasteiger charge is -2.03. The van der Waals surface area contributed by atoms with Crippen molar-refractivity contribution in [3.63, 3.8) is 0 Å². The maximum absolute atomic E-state index is 12.8. The molecule has 2 aromatic rings. The Kier molecular flexibility index (Phi) is 1.83. The third-order valence-electron chi connectivity index (χ3n) is 1.85. The van der Waals surface area contributed by atoms with Crippen LogP contribution < -0.4 is 11.3 Å². The number of nitrogen functional groups attached to an aromatic ring is 1. The number of rotatable bonds is 1. The Balaban J connectivity index is 2.79. The van der Waals surface area contributed by atoms with E-state index in [-0.39, 0.29) is 5.82 Å². The van der Waals surface area contributed by atoms with Crippen LogP contribution in [0.5, 0.6) is 0 Å². The fourth-order valence-electron chi connectivity index (χ4n) is 1.25. The molecule has 0 amide bonds. The second-order valence-electron chi connectivity index (χ2n) is 2.67. The second kappa shape index (κ2) is 2.99. The maximum atomic E-state index is 12.8. The Morgan fingerprint density at radius 3 is 3.00 bits per heavy atom. The highest BCUT2D eigenvalue weighted by Gasteiger charge is 2.00. The highest BCUT2D eigenvalue weighted by molar-refractivity contribution is 5.90. The first-order chi connectivity index (χ1) is 6.31. The van der Waals surface area contributed by atoms with Gasteiger partial charge in [-0.1, -0.05) is 6.07 Å². The Labute approximate surface area is 74.4 Å². The zero-order valence-corrected chi connectivity index (χ0v) is 6.79. The van der Waals surface area contributed by atoms with Crippen LogP contribution in [0.1, 0.15) is 0 Å². The van der Waals surface area contributed by atoms with E-state index in [1.807, 2.05) is 6.07 Å². The van der Waals surface area contributed by atoms with E-state index in [4.69, 9.17) is 5.84 Å². The van der Waals surface area contributed by atoms with Crippen LogP contribution in [0, 0.1) is 5.82 Å². The number of hydrogen-bond donors (Lipinski definition) is 2. The van der Waals surface area contributed by atoms with Gasteiger partial charge in [0.25, 0.3) is 0 Å². The fraction of sp³-hybridized carbons (Fsp3) is 0. The normalized spacial score (nSPS) is 10.3. The first kappa shape index (κ1) is 7.94. The smallest absolute Gasteiger partial charge is 0.142 e. The predicted molar refractivity (Wildman–Crippen MR) is 49.5 cm³/mol. The van der Waals surface area contributed by atoms with Crippen LogP contribution in [0.15, 0.2) is 30.5 Å². The van der Waals surface area contributed by atoms with Gasteiger partial charge in [0.15, 0.2) is 0 Å². The summed E-state index contributed by atoms with van der Waals surface area (Å²) in [7, 11) is 0. The molecule has 1 aromatic heterocycles. The van der Waals surface area contributed by atoms with Crippen LogP contribution in [-0.4, -0.2) is 4.98 Å². The summed E-state index contributed by atoms with van der Waals surface area (Å²) in [5.74, 6) is 4.90. The Bertz CT molecular complexity index is 442. The molecule has 1 aromatic carbocycles. The van der Waals surface area contributed by atoms with Gasteiger partial charge in [-0.05, 0) is 18.2 Å². The van der Waals surface area contributed by atoms with Crippen LogP contribution in [0.25, 0.3) is 10.9 Å². The molecule has 0 unspecified atom stereocenters. The van der Waals surface area contributed by atoms with Crippen LogP contribution in [0.3, 0.4) is 0 Å². The Hall–Kier alpha value is -1.68. The second-order valence-corrected chi connectivity index (χ2v) is 2.67. The summed E-state index contributed by atoms with van der Waals surface area (Å²) in [4.78, 5) is 3.92. The third-order valence-corrected chi connectivity index (χ3v) is 1.85. The van der Waals surface area contributed by atoms with Crippen molar-refractivity contribution in [1.82, 2.24) is 4.98 Å². The standard InChI is InChI=1S/C9H8FN3/c10-6-4-7-8(12-5-6)2-1-3-9(7)13-11/h1-5,13H,11H2. The first-order valence-electron chi connectivity index (χ1n) is 3.82. The Morgan fingerprint density at radius 1 is 1.38 bits per heavy atom. The summed E-state index contributed by atoms with van der Waals surface area (Å²) in [5.41, 5.74) is 3.88. The quantitative estimate of drug-likeness (QED) is 0.514. The predicted octanol–water partition coefficient (Wildman–Crippen LogP) is 1.66. The number of fused-ring (bicyclic) bond motifs is 1. The number of nitrogens with zero attached hydrogens (tertiary/aromatic N) is 1. The molecular weight excluding hydrogens is 169 g/mol. The third kappa shape index (κ3) is 1.31. The highest BCUT2D eigenvalue weighted by atomic mass is 19.1. The van der Waals surface area contributed by atoms with Gasteiger partial charge in [-0.25, -0.2) is 4.39 Å². The van der Waals surface area contributed by atoms with Crippen molar-refractivity contribution in [2.75, 3.05) is 5.43 Å². The molecule has 3 nitrogen and oxygen atoms in total. The van der Waals surface area contributed by atoms with E-state index in [1.165, 1.54) is 12.3 Å². The maximum Gasteiger partial charge on any atom is 0.142 e. The summed E-state index contributed by atoms with van der Waals surface area (Å²) in [6.07, 6.45) is 1.18. The zero-order valence-electron chi connectivity index (χ0n) is 6.79. The van der Waals surface area contributed by atoms with E-state index < -0.39 is 0 Å². The highest BCUT2D eigenvalue weighted by Crippen LogP contribution is 2.21. The van der Waals surface area contributed by atoms with Crippen molar-refractivity contribution in [2.24, 2.45) is 5.84 Å². The SMILES string of the molecule is NNc1cccc2ncc(F)cc12. The summed E-state index contributed by atoms with van der Waals surface area (Å²) in [6.45, 7) is 0.